The van der Waals surface area contributed by atoms with Crippen LogP contribution in [0.5, 0.6) is 5.75 Å². The van der Waals surface area contributed by atoms with E-state index in [9.17, 15) is 39.0 Å². The number of phenolic OH excluding ortho intramolecular Hbond substituents is 1. The maximum Gasteiger partial charge on any atom is 0.326 e. The summed E-state index contributed by atoms with van der Waals surface area (Å²) in [7, 11) is 0. The molecule has 216 valence electrons. The largest absolute Gasteiger partial charge is 0.508 e. The highest BCUT2D eigenvalue weighted by Gasteiger charge is 2.31. The lowest BCUT2D eigenvalue weighted by Crippen LogP contribution is -2.57. The van der Waals surface area contributed by atoms with E-state index in [0.29, 0.717) is 17.7 Å². The van der Waals surface area contributed by atoms with Crippen molar-refractivity contribution in [3.05, 3.63) is 29.8 Å². The highest BCUT2D eigenvalue weighted by atomic mass is 32.2. The SMILES string of the molecule is CSCCC(N)C(=O)NC(Cc1ccc(O)cc1)C(=O)NC(CCC(=O)O)C(=O)NC(CCC(=O)O)C(=O)O. The smallest absolute Gasteiger partial charge is 0.326 e. The van der Waals surface area contributed by atoms with Crippen molar-refractivity contribution in [2.45, 2.75) is 62.7 Å². The molecular formula is C24H34N4O10S. The van der Waals surface area contributed by atoms with Gasteiger partial charge in [-0.3, -0.25) is 24.0 Å². The molecule has 1 aromatic carbocycles. The van der Waals surface area contributed by atoms with Gasteiger partial charge in [0, 0.05) is 19.3 Å². The number of hydrogen-bond donors (Lipinski definition) is 8. The molecule has 9 N–H and O–H groups in total. The van der Waals surface area contributed by atoms with Crippen molar-refractivity contribution >= 4 is 47.4 Å². The van der Waals surface area contributed by atoms with E-state index >= 15 is 0 Å². The molecule has 1 aromatic rings. The Morgan fingerprint density at radius 1 is 0.769 bits per heavy atom. The normalized spacial score (nSPS) is 13.8. The molecule has 0 aliphatic rings. The quantitative estimate of drug-likeness (QED) is 0.109. The van der Waals surface area contributed by atoms with Gasteiger partial charge in [0.05, 0.1) is 6.04 Å². The fourth-order valence-corrected chi connectivity index (χ4v) is 3.83. The molecule has 0 aromatic heterocycles. The number of aliphatic carboxylic acids is 3. The Balaban J connectivity index is 3.14. The van der Waals surface area contributed by atoms with E-state index in [1.54, 1.807) is 0 Å². The molecule has 0 bridgehead atoms. The minimum atomic E-state index is -1.60. The first-order chi connectivity index (χ1) is 18.3. The van der Waals surface area contributed by atoms with E-state index in [1.165, 1.54) is 36.0 Å². The number of amides is 3. The monoisotopic (exact) mass is 570 g/mol. The molecule has 14 nitrogen and oxygen atoms in total. The third-order valence-electron chi connectivity index (χ3n) is 5.52. The van der Waals surface area contributed by atoms with Crippen LogP contribution < -0.4 is 21.7 Å². The summed E-state index contributed by atoms with van der Waals surface area (Å²) < 4.78 is 0. The van der Waals surface area contributed by atoms with Gasteiger partial charge in [-0.15, -0.1) is 0 Å². The number of rotatable bonds is 18. The zero-order valence-corrected chi connectivity index (χ0v) is 22.1. The molecule has 0 saturated carbocycles. The molecule has 15 heteroatoms. The number of carbonyl (C=O) groups excluding carboxylic acids is 3. The number of hydrogen-bond acceptors (Lipinski definition) is 9. The second-order valence-corrected chi connectivity index (χ2v) is 9.63. The highest BCUT2D eigenvalue weighted by Crippen LogP contribution is 2.12. The third-order valence-corrected chi connectivity index (χ3v) is 6.16. The average molecular weight is 571 g/mol. The Labute approximate surface area is 228 Å². The van der Waals surface area contributed by atoms with Crippen LogP contribution in [0.2, 0.25) is 0 Å². The molecule has 1 rings (SSSR count). The second-order valence-electron chi connectivity index (χ2n) is 8.65. The number of benzene rings is 1. The summed E-state index contributed by atoms with van der Waals surface area (Å²) in [6, 6.07) is 0.498. The number of phenols is 1. The summed E-state index contributed by atoms with van der Waals surface area (Å²) in [6.07, 6.45) is 0.133. The molecule has 3 amide bonds. The summed E-state index contributed by atoms with van der Waals surface area (Å²) in [5, 5.41) is 43.8. The number of carboxylic acids is 3. The van der Waals surface area contributed by atoms with Crippen LogP contribution in [0.15, 0.2) is 24.3 Å². The van der Waals surface area contributed by atoms with Gasteiger partial charge in [0.25, 0.3) is 0 Å². The Bertz CT molecular complexity index is 1020. The minimum Gasteiger partial charge on any atom is -0.508 e. The van der Waals surface area contributed by atoms with Gasteiger partial charge in [0.15, 0.2) is 0 Å². The zero-order chi connectivity index (χ0) is 29.5. The van der Waals surface area contributed by atoms with Crippen molar-refractivity contribution < 1.29 is 49.2 Å². The first kappa shape index (κ1) is 33.2. The highest BCUT2D eigenvalue weighted by molar-refractivity contribution is 7.98. The Morgan fingerprint density at radius 3 is 1.77 bits per heavy atom. The van der Waals surface area contributed by atoms with Crippen LogP contribution in [-0.4, -0.2) is 92.2 Å². The molecule has 0 radical (unpaired) electrons. The van der Waals surface area contributed by atoms with Gasteiger partial charge in [0.2, 0.25) is 17.7 Å². The van der Waals surface area contributed by atoms with E-state index in [1.807, 2.05) is 6.26 Å². The number of thioether (sulfide) groups is 1. The molecule has 4 unspecified atom stereocenters. The number of carbonyl (C=O) groups is 6. The number of nitrogens with one attached hydrogen (secondary N) is 3. The van der Waals surface area contributed by atoms with Crippen molar-refractivity contribution in [1.82, 2.24) is 16.0 Å². The first-order valence-corrected chi connectivity index (χ1v) is 13.3. The van der Waals surface area contributed by atoms with Crippen molar-refractivity contribution in [3.8, 4) is 5.75 Å². The predicted octanol–water partition coefficient (Wildman–Crippen LogP) is -0.716. The molecule has 0 aliphatic heterocycles. The molecular weight excluding hydrogens is 536 g/mol. The fourth-order valence-electron chi connectivity index (χ4n) is 3.34. The summed E-state index contributed by atoms with van der Waals surface area (Å²) in [5.41, 5.74) is 6.45. The Hall–Kier alpha value is -3.85. The zero-order valence-electron chi connectivity index (χ0n) is 21.3. The number of carboxylic acid groups (broad SMARTS) is 3. The molecule has 0 aliphatic carbocycles. The molecule has 4 atom stereocenters. The summed E-state index contributed by atoms with van der Waals surface area (Å²) >= 11 is 1.48. The molecule has 0 spiro atoms. The summed E-state index contributed by atoms with van der Waals surface area (Å²) in [6.45, 7) is 0. The number of nitrogens with two attached hydrogens (primary N) is 1. The van der Waals surface area contributed by atoms with Crippen LogP contribution in [0.25, 0.3) is 0 Å². The van der Waals surface area contributed by atoms with E-state index in [4.69, 9.17) is 15.9 Å². The van der Waals surface area contributed by atoms with E-state index in [-0.39, 0.29) is 12.2 Å². The minimum absolute atomic E-state index is 0.0239. The standard InChI is InChI=1S/C24H34N4O10S/c1-39-11-10-15(25)21(34)28-18(12-13-2-4-14(29)5-3-13)23(36)26-16(6-8-19(30)31)22(35)27-17(24(37)38)7-9-20(32)33/h2-5,15-18,29H,6-12,25H2,1H3,(H,26,36)(H,27,35)(H,28,34)(H,30,31)(H,32,33)(H,37,38). The van der Waals surface area contributed by atoms with E-state index in [2.05, 4.69) is 16.0 Å². The van der Waals surface area contributed by atoms with Crippen LogP contribution >= 0.6 is 11.8 Å². The van der Waals surface area contributed by atoms with Gasteiger partial charge in [0.1, 0.15) is 23.9 Å². The van der Waals surface area contributed by atoms with Gasteiger partial charge in [-0.2, -0.15) is 11.8 Å². The van der Waals surface area contributed by atoms with Gasteiger partial charge < -0.3 is 42.1 Å². The maximum absolute atomic E-state index is 13.2. The lowest BCUT2D eigenvalue weighted by atomic mass is 10.0. The fraction of sp³-hybridized carbons (Fsp3) is 0.500. The van der Waals surface area contributed by atoms with Gasteiger partial charge in [-0.05, 0) is 49.0 Å². The van der Waals surface area contributed by atoms with Gasteiger partial charge >= 0.3 is 17.9 Å². The van der Waals surface area contributed by atoms with Crippen LogP contribution in [0, 0.1) is 0 Å². The molecule has 0 heterocycles. The predicted molar refractivity (Wildman–Crippen MR) is 140 cm³/mol. The summed E-state index contributed by atoms with van der Waals surface area (Å²) in [4.78, 5) is 72.2. The lowest BCUT2D eigenvalue weighted by Gasteiger charge is -2.25. The second kappa shape index (κ2) is 16.9. The molecule has 39 heavy (non-hydrogen) atoms. The number of aromatic hydroxyl groups is 1. The van der Waals surface area contributed by atoms with Crippen molar-refractivity contribution in [2.24, 2.45) is 5.73 Å². The molecule has 0 saturated heterocycles. The topological polar surface area (TPSA) is 245 Å². The van der Waals surface area contributed by atoms with Crippen LogP contribution in [0.3, 0.4) is 0 Å². The van der Waals surface area contributed by atoms with E-state index < -0.39 is 85.5 Å². The van der Waals surface area contributed by atoms with Gasteiger partial charge in [-0.25, -0.2) is 4.79 Å². The van der Waals surface area contributed by atoms with Gasteiger partial charge in [-0.1, -0.05) is 12.1 Å². The van der Waals surface area contributed by atoms with Crippen molar-refractivity contribution in [2.75, 3.05) is 12.0 Å². The van der Waals surface area contributed by atoms with Crippen LogP contribution in [-0.2, 0) is 35.2 Å². The van der Waals surface area contributed by atoms with Crippen molar-refractivity contribution in [3.63, 3.8) is 0 Å². The van der Waals surface area contributed by atoms with Crippen LogP contribution in [0.4, 0.5) is 0 Å². The third kappa shape index (κ3) is 13.0. The first-order valence-electron chi connectivity index (χ1n) is 11.9. The summed E-state index contributed by atoms with van der Waals surface area (Å²) in [5.74, 6) is -6.03. The Kier molecular flexibility index (Phi) is 14.4. The van der Waals surface area contributed by atoms with E-state index in [0.717, 1.165) is 0 Å². The maximum atomic E-state index is 13.2. The lowest BCUT2D eigenvalue weighted by molar-refractivity contribution is -0.144. The van der Waals surface area contributed by atoms with Crippen LogP contribution in [0.1, 0.15) is 37.7 Å². The average Bonchev–Trinajstić information content (AvgIpc) is 2.87. The van der Waals surface area contributed by atoms with Crippen molar-refractivity contribution in [1.29, 1.82) is 0 Å². The molecule has 0 fully saturated rings. The Morgan fingerprint density at radius 2 is 1.26 bits per heavy atom.